The molecule has 0 saturated carbocycles. The van der Waals surface area contributed by atoms with Gasteiger partial charge in [0.1, 0.15) is 0 Å². The van der Waals surface area contributed by atoms with E-state index < -0.39 is 0 Å². The van der Waals surface area contributed by atoms with E-state index in [1.54, 1.807) is 0 Å². The van der Waals surface area contributed by atoms with Crippen LogP contribution in [0, 0.1) is 0 Å². The minimum atomic E-state index is 0.331. The summed E-state index contributed by atoms with van der Waals surface area (Å²) in [6.07, 6.45) is 4.80. The predicted octanol–water partition coefficient (Wildman–Crippen LogP) is 3.09. The Morgan fingerprint density at radius 3 is 2.20 bits per heavy atom. The largest absolute Gasteiger partial charge is 0.373 e. The summed E-state index contributed by atoms with van der Waals surface area (Å²) < 4.78 is 7.90. The Kier molecular flexibility index (Phi) is 3.90. The van der Waals surface area contributed by atoms with E-state index >= 15 is 0 Å². The zero-order valence-corrected chi connectivity index (χ0v) is 12.2. The fourth-order valence-electron chi connectivity index (χ4n) is 2.95. The third-order valence-corrected chi connectivity index (χ3v) is 3.74. The second kappa shape index (κ2) is 5.81. The molecule has 0 spiro atoms. The van der Waals surface area contributed by atoms with Gasteiger partial charge >= 0.3 is 0 Å². The molecule has 2 aromatic rings. The first-order valence-corrected chi connectivity index (χ1v) is 7.31. The van der Waals surface area contributed by atoms with E-state index in [1.165, 1.54) is 11.3 Å². The van der Waals surface area contributed by atoms with Gasteiger partial charge in [0.25, 0.3) is 0 Å². The van der Waals surface area contributed by atoms with Crippen molar-refractivity contribution >= 4 is 0 Å². The summed E-state index contributed by atoms with van der Waals surface area (Å²) >= 11 is 0. The monoisotopic (exact) mass is 270 g/mol. The van der Waals surface area contributed by atoms with Crippen molar-refractivity contribution in [3.63, 3.8) is 0 Å². The summed E-state index contributed by atoms with van der Waals surface area (Å²) in [5, 5.41) is 0. The van der Waals surface area contributed by atoms with Crippen LogP contribution >= 0.6 is 0 Å². The topological polar surface area (TPSA) is 17.4 Å². The molecule has 106 valence electrons. The Bertz CT molecular complexity index is 523. The van der Waals surface area contributed by atoms with Crippen molar-refractivity contribution in [3.8, 4) is 5.69 Å². The molecule has 1 saturated heterocycles. The van der Waals surface area contributed by atoms with Gasteiger partial charge in [-0.25, -0.2) is 0 Å². The van der Waals surface area contributed by atoms with Crippen molar-refractivity contribution in [2.75, 3.05) is 13.1 Å². The smallest absolute Gasteiger partial charge is 0.0678 e. The lowest BCUT2D eigenvalue weighted by atomic mass is 10.1. The SMILES string of the molecule is CC1CN(Cc2ccc(-n3cccc3)cc2)CC(C)O1. The van der Waals surface area contributed by atoms with Gasteiger partial charge in [0.2, 0.25) is 0 Å². The fourth-order valence-corrected chi connectivity index (χ4v) is 2.95. The summed E-state index contributed by atoms with van der Waals surface area (Å²) in [5.74, 6) is 0. The molecule has 0 aliphatic carbocycles. The molecular weight excluding hydrogens is 248 g/mol. The van der Waals surface area contributed by atoms with E-state index in [0.29, 0.717) is 12.2 Å². The average molecular weight is 270 g/mol. The molecule has 0 bridgehead atoms. The minimum absolute atomic E-state index is 0.331. The lowest BCUT2D eigenvalue weighted by Gasteiger charge is -2.35. The summed E-state index contributed by atoms with van der Waals surface area (Å²) in [6.45, 7) is 7.34. The molecule has 2 unspecified atom stereocenters. The molecule has 1 aliphatic rings. The highest BCUT2D eigenvalue weighted by Crippen LogP contribution is 2.16. The molecule has 3 nitrogen and oxygen atoms in total. The van der Waals surface area contributed by atoms with Crippen molar-refractivity contribution in [1.29, 1.82) is 0 Å². The minimum Gasteiger partial charge on any atom is -0.373 e. The number of rotatable bonds is 3. The second-order valence-electron chi connectivity index (χ2n) is 5.71. The highest BCUT2D eigenvalue weighted by atomic mass is 16.5. The molecule has 1 aliphatic heterocycles. The van der Waals surface area contributed by atoms with Gasteiger partial charge in [-0.05, 0) is 43.7 Å². The van der Waals surface area contributed by atoms with Crippen LogP contribution in [0.1, 0.15) is 19.4 Å². The number of nitrogens with zero attached hydrogens (tertiary/aromatic N) is 2. The van der Waals surface area contributed by atoms with Crippen LogP contribution in [0.25, 0.3) is 5.69 Å². The van der Waals surface area contributed by atoms with Gasteiger partial charge < -0.3 is 9.30 Å². The maximum atomic E-state index is 5.78. The molecule has 2 atom stereocenters. The van der Waals surface area contributed by atoms with E-state index in [-0.39, 0.29) is 0 Å². The quantitative estimate of drug-likeness (QED) is 0.852. The first-order chi connectivity index (χ1) is 9.70. The van der Waals surface area contributed by atoms with Crippen LogP contribution in [0.2, 0.25) is 0 Å². The summed E-state index contributed by atoms with van der Waals surface area (Å²) in [6, 6.07) is 12.9. The Morgan fingerprint density at radius 2 is 1.60 bits per heavy atom. The van der Waals surface area contributed by atoms with Crippen molar-refractivity contribution in [2.24, 2.45) is 0 Å². The maximum Gasteiger partial charge on any atom is 0.0678 e. The number of aromatic nitrogens is 1. The third kappa shape index (κ3) is 3.11. The van der Waals surface area contributed by atoms with E-state index in [2.05, 4.69) is 60.0 Å². The Labute approximate surface area is 120 Å². The van der Waals surface area contributed by atoms with Crippen LogP contribution in [0.15, 0.2) is 48.8 Å². The summed E-state index contributed by atoms with van der Waals surface area (Å²) in [5.41, 5.74) is 2.57. The molecular formula is C17H22N2O. The molecule has 0 N–H and O–H groups in total. The standard InChI is InChI=1S/C17H22N2O/c1-14-11-18(12-15(2)20-14)13-16-5-7-17(8-6-16)19-9-3-4-10-19/h3-10,14-15H,11-13H2,1-2H3. The number of morpholine rings is 1. The summed E-state index contributed by atoms with van der Waals surface area (Å²) in [7, 11) is 0. The molecule has 0 amide bonds. The van der Waals surface area contributed by atoms with Crippen LogP contribution in [0.5, 0.6) is 0 Å². The molecule has 2 heterocycles. The van der Waals surface area contributed by atoms with Gasteiger partial charge in [0.15, 0.2) is 0 Å². The van der Waals surface area contributed by atoms with Crippen LogP contribution < -0.4 is 0 Å². The highest BCUT2D eigenvalue weighted by molar-refractivity contribution is 5.35. The normalized spacial score (nSPS) is 23.9. The lowest BCUT2D eigenvalue weighted by Crippen LogP contribution is -2.44. The van der Waals surface area contributed by atoms with Crippen LogP contribution in [-0.4, -0.2) is 34.8 Å². The van der Waals surface area contributed by atoms with Crippen LogP contribution in [0.4, 0.5) is 0 Å². The lowest BCUT2D eigenvalue weighted by molar-refractivity contribution is -0.0704. The molecule has 20 heavy (non-hydrogen) atoms. The number of ether oxygens (including phenoxy) is 1. The molecule has 0 radical (unpaired) electrons. The van der Waals surface area contributed by atoms with Crippen molar-refractivity contribution in [3.05, 3.63) is 54.4 Å². The van der Waals surface area contributed by atoms with E-state index in [0.717, 1.165) is 19.6 Å². The van der Waals surface area contributed by atoms with E-state index in [4.69, 9.17) is 4.74 Å². The summed E-state index contributed by atoms with van der Waals surface area (Å²) in [4.78, 5) is 2.48. The average Bonchev–Trinajstić information content (AvgIpc) is 2.92. The highest BCUT2D eigenvalue weighted by Gasteiger charge is 2.21. The van der Waals surface area contributed by atoms with E-state index in [9.17, 15) is 0 Å². The molecule has 1 fully saturated rings. The van der Waals surface area contributed by atoms with Gasteiger partial charge in [-0.3, -0.25) is 4.90 Å². The number of hydrogen-bond donors (Lipinski definition) is 0. The Hall–Kier alpha value is -1.58. The third-order valence-electron chi connectivity index (χ3n) is 3.74. The van der Waals surface area contributed by atoms with Gasteiger partial charge in [-0.15, -0.1) is 0 Å². The van der Waals surface area contributed by atoms with Crippen molar-refractivity contribution < 1.29 is 4.74 Å². The fraction of sp³-hybridized carbons (Fsp3) is 0.412. The number of benzene rings is 1. The first-order valence-electron chi connectivity index (χ1n) is 7.31. The van der Waals surface area contributed by atoms with E-state index in [1.807, 2.05) is 12.1 Å². The van der Waals surface area contributed by atoms with Crippen LogP contribution in [0.3, 0.4) is 0 Å². The molecule has 1 aromatic heterocycles. The second-order valence-corrected chi connectivity index (χ2v) is 5.71. The first kappa shape index (κ1) is 13.4. The van der Waals surface area contributed by atoms with Crippen molar-refractivity contribution in [1.82, 2.24) is 9.47 Å². The molecule has 3 rings (SSSR count). The zero-order valence-electron chi connectivity index (χ0n) is 12.2. The Morgan fingerprint density at radius 1 is 1.00 bits per heavy atom. The Balaban J connectivity index is 1.66. The predicted molar refractivity (Wildman–Crippen MR) is 81.1 cm³/mol. The van der Waals surface area contributed by atoms with Gasteiger partial charge in [0.05, 0.1) is 12.2 Å². The van der Waals surface area contributed by atoms with Gasteiger partial charge in [-0.2, -0.15) is 0 Å². The van der Waals surface area contributed by atoms with Gasteiger partial charge in [0, 0.05) is 37.7 Å². The number of hydrogen-bond acceptors (Lipinski definition) is 2. The zero-order chi connectivity index (χ0) is 13.9. The van der Waals surface area contributed by atoms with Gasteiger partial charge in [-0.1, -0.05) is 12.1 Å². The maximum absolute atomic E-state index is 5.78. The molecule has 1 aromatic carbocycles. The van der Waals surface area contributed by atoms with Crippen molar-refractivity contribution in [2.45, 2.75) is 32.6 Å². The molecule has 3 heteroatoms. The van der Waals surface area contributed by atoms with Crippen LogP contribution in [-0.2, 0) is 11.3 Å².